The molecule has 1 atom stereocenters. The zero-order chi connectivity index (χ0) is 13.5. The average molecular weight is 266 g/mol. The monoisotopic (exact) mass is 266 g/mol. The Morgan fingerprint density at radius 1 is 1.56 bits per heavy atom. The second kappa shape index (κ2) is 6.56. The van der Waals surface area contributed by atoms with E-state index in [9.17, 15) is 9.59 Å². The lowest BCUT2D eigenvalue weighted by atomic mass is 10.3. The maximum atomic E-state index is 10.9. The van der Waals surface area contributed by atoms with Crippen LogP contribution in [0.15, 0.2) is 17.4 Å². The smallest absolute Gasteiger partial charge is 0.327 e. The number of rotatable bonds is 5. The van der Waals surface area contributed by atoms with Crippen molar-refractivity contribution in [2.45, 2.75) is 18.0 Å². The minimum atomic E-state index is -1.14. The van der Waals surface area contributed by atoms with Crippen LogP contribution in [0.25, 0.3) is 0 Å². The zero-order valence-corrected chi connectivity index (χ0v) is 10.3. The van der Waals surface area contributed by atoms with Gasteiger partial charge in [-0.25, -0.2) is 14.8 Å². The van der Waals surface area contributed by atoms with Crippen molar-refractivity contribution in [1.82, 2.24) is 15.3 Å². The molecule has 8 heteroatoms. The minimum Gasteiger partial charge on any atom is -0.480 e. The van der Waals surface area contributed by atoms with Gasteiger partial charge in [-0.15, -0.1) is 11.8 Å². The summed E-state index contributed by atoms with van der Waals surface area (Å²) in [5.41, 5.74) is 0.134. The molecule has 0 aliphatic rings. The van der Waals surface area contributed by atoms with Gasteiger partial charge >= 0.3 is 5.97 Å². The van der Waals surface area contributed by atoms with Crippen LogP contribution in [0.5, 0.6) is 0 Å². The summed E-state index contributed by atoms with van der Waals surface area (Å²) in [6, 6.07) is 0.833. The number of nitrogens with zero attached hydrogens (tertiary/aromatic N) is 3. The van der Waals surface area contributed by atoms with Crippen molar-refractivity contribution in [1.29, 1.82) is 5.26 Å². The third-order valence-electron chi connectivity index (χ3n) is 1.83. The molecule has 0 aliphatic heterocycles. The number of carboxylic acid groups (broad SMARTS) is 1. The third kappa shape index (κ3) is 4.03. The summed E-state index contributed by atoms with van der Waals surface area (Å²) in [4.78, 5) is 29.4. The summed E-state index contributed by atoms with van der Waals surface area (Å²) < 4.78 is 0. The van der Waals surface area contributed by atoms with Crippen LogP contribution in [0, 0.1) is 11.3 Å². The van der Waals surface area contributed by atoms with Crippen molar-refractivity contribution >= 4 is 23.6 Å². The van der Waals surface area contributed by atoms with Gasteiger partial charge in [0.25, 0.3) is 0 Å². The van der Waals surface area contributed by atoms with E-state index in [1.807, 2.05) is 6.07 Å². The van der Waals surface area contributed by atoms with E-state index in [1.54, 1.807) is 0 Å². The number of thioether (sulfide) groups is 1. The Morgan fingerprint density at radius 2 is 2.22 bits per heavy atom. The summed E-state index contributed by atoms with van der Waals surface area (Å²) >= 11 is 1.06. The van der Waals surface area contributed by atoms with Gasteiger partial charge in [0, 0.05) is 25.1 Å². The van der Waals surface area contributed by atoms with Crippen LogP contribution in [0.3, 0.4) is 0 Å². The van der Waals surface area contributed by atoms with Crippen LogP contribution in [0.4, 0.5) is 0 Å². The predicted molar refractivity (Wildman–Crippen MR) is 62.7 cm³/mol. The van der Waals surface area contributed by atoms with E-state index in [0.29, 0.717) is 5.03 Å². The van der Waals surface area contributed by atoms with Crippen LogP contribution < -0.4 is 5.32 Å². The first kappa shape index (κ1) is 13.9. The summed E-state index contributed by atoms with van der Waals surface area (Å²) in [6.07, 6.45) is 2.79. The van der Waals surface area contributed by atoms with Gasteiger partial charge in [-0.3, -0.25) is 4.79 Å². The Kier molecular flexibility index (Phi) is 5.07. The molecule has 0 fully saturated rings. The SMILES string of the molecule is CC(=O)N[C@@H](CSc1nccnc1C#N)C(=O)O. The van der Waals surface area contributed by atoms with Crippen molar-refractivity contribution in [3.8, 4) is 6.07 Å². The Morgan fingerprint density at radius 3 is 2.78 bits per heavy atom. The van der Waals surface area contributed by atoms with Gasteiger partial charge in [-0.1, -0.05) is 0 Å². The Balaban J connectivity index is 2.70. The van der Waals surface area contributed by atoms with Gasteiger partial charge in [0.15, 0.2) is 5.69 Å². The van der Waals surface area contributed by atoms with Gasteiger partial charge in [0.05, 0.1) is 0 Å². The Bertz CT molecular complexity index is 500. The summed E-state index contributed by atoms with van der Waals surface area (Å²) in [5, 5.41) is 20.3. The molecule has 0 aliphatic carbocycles. The van der Waals surface area contributed by atoms with Gasteiger partial charge in [0.1, 0.15) is 17.1 Å². The maximum Gasteiger partial charge on any atom is 0.327 e. The molecule has 94 valence electrons. The highest BCUT2D eigenvalue weighted by molar-refractivity contribution is 7.99. The molecular weight excluding hydrogens is 256 g/mol. The molecule has 0 bridgehead atoms. The van der Waals surface area contributed by atoms with E-state index in [1.165, 1.54) is 19.3 Å². The number of aliphatic carboxylic acids is 1. The van der Waals surface area contributed by atoms with Crippen LogP contribution in [0.2, 0.25) is 0 Å². The molecule has 18 heavy (non-hydrogen) atoms. The second-order valence-electron chi connectivity index (χ2n) is 3.22. The highest BCUT2D eigenvalue weighted by Crippen LogP contribution is 2.18. The number of nitrogens with one attached hydrogen (secondary N) is 1. The van der Waals surface area contributed by atoms with Crippen molar-refractivity contribution in [2.75, 3.05) is 5.75 Å². The molecule has 1 heterocycles. The summed E-state index contributed by atoms with van der Waals surface area (Å²) in [5.74, 6) is -1.50. The number of amides is 1. The number of nitriles is 1. The number of carboxylic acids is 1. The van der Waals surface area contributed by atoms with Crippen molar-refractivity contribution in [2.24, 2.45) is 0 Å². The van der Waals surface area contributed by atoms with E-state index >= 15 is 0 Å². The Labute approximate surface area is 107 Å². The van der Waals surface area contributed by atoms with Gasteiger partial charge in [-0.2, -0.15) is 5.26 Å². The fourth-order valence-electron chi connectivity index (χ4n) is 1.09. The van der Waals surface area contributed by atoms with Crippen LogP contribution in [0.1, 0.15) is 12.6 Å². The molecule has 7 nitrogen and oxygen atoms in total. The fraction of sp³-hybridized carbons (Fsp3) is 0.300. The molecule has 1 rings (SSSR count). The molecule has 0 radical (unpaired) electrons. The molecule has 0 saturated heterocycles. The van der Waals surface area contributed by atoms with Crippen molar-refractivity contribution < 1.29 is 14.7 Å². The fourth-order valence-corrected chi connectivity index (χ4v) is 2.01. The first-order valence-corrected chi connectivity index (χ1v) is 5.87. The standard InChI is InChI=1S/C10H10N4O3S/c1-6(15)14-8(10(16)17)5-18-9-7(4-11)12-2-3-13-9/h2-3,8H,5H2,1H3,(H,14,15)(H,16,17)/t8-/m0/s1. The van der Waals surface area contributed by atoms with Crippen LogP contribution in [-0.2, 0) is 9.59 Å². The molecular formula is C10H10N4O3S. The number of carbonyl (C=O) groups is 2. The van der Waals surface area contributed by atoms with E-state index in [-0.39, 0.29) is 11.4 Å². The summed E-state index contributed by atoms with van der Waals surface area (Å²) in [6.45, 7) is 1.24. The van der Waals surface area contributed by atoms with Gasteiger partial charge < -0.3 is 10.4 Å². The number of hydrogen-bond acceptors (Lipinski definition) is 6. The average Bonchev–Trinajstić information content (AvgIpc) is 2.34. The Hall–Kier alpha value is -2.14. The normalized spacial score (nSPS) is 11.3. The lowest BCUT2D eigenvalue weighted by Crippen LogP contribution is -2.41. The largest absolute Gasteiger partial charge is 0.480 e. The van der Waals surface area contributed by atoms with E-state index in [0.717, 1.165) is 11.8 Å². The highest BCUT2D eigenvalue weighted by Gasteiger charge is 2.19. The molecule has 1 amide bonds. The quantitative estimate of drug-likeness (QED) is 0.722. The van der Waals surface area contributed by atoms with Crippen molar-refractivity contribution in [3.05, 3.63) is 18.1 Å². The summed E-state index contributed by atoms with van der Waals surface area (Å²) in [7, 11) is 0. The van der Waals surface area contributed by atoms with Gasteiger partial charge in [-0.05, 0) is 0 Å². The molecule has 0 unspecified atom stereocenters. The topological polar surface area (TPSA) is 116 Å². The molecule has 1 aromatic heterocycles. The zero-order valence-electron chi connectivity index (χ0n) is 9.45. The lowest BCUT2D eigenvalue weighted by molar-refractivity contribution is -0.140. The van der Waals surface area contributed by atoms with E-state index in [4.69, 9.17) is 10.4 Å². The first-order valence-electron chi connectivity index (χ1n) is 4.88. The maximum absolute atomic E-state index is 10.9. The number of hydrogen-bond donors (Lipinski definition) is 2. The van der Waals surface area contributed by atoms with Crippen LogP contribution >= 0.6 is 11.8 Å². The minimum absolute atomic E-state index is 0.0717. The predicted octanol–water partition coefficient (Wildman–Crippen LogP) is 0.0297. The molecule has 0 saturated carbocycles. The lowest BCUT2D eigenvalue weighted by Gasteiger charge is -2.12. The van der Waals surface area contributed by atoms with Crippen LogP contribution in [-0.4, -0.2) is 38.7 Å². The highest BCUT2D eigenvalue weighted by atomic mass is 32.2. The first-order chi connectivity index (χ1) is 8.54. The number of aromatic nitrogens is 2. The van der Waals surface area contributed by atoms with Gasteiger partial charge in [0.2, 0.25) is 5.91 Å². The number of carbonyl (C=O) groups excluding carboxylic acids is 1. The third-order valence-corrected chi connectivity index (χ3v) is 2.91. The van der Waals surface area contributed by atoms with E-state index < -0.39 is 17.9 Å². The molecule has 1 aromatic rings. The van der Waals surface area contributed by atoms with Crippen molar-refractivity contribution in [3.63, 3.8) is 0 Å². The molecule has 2 N–H and O–H groups in total. The molecule has 0 spiro atoms. The molecule has 0 aromatic carbocycles. The van der Waals surface area contributed by atoms with E-state index in [2.05, 4.69) is 15.3 Å². The second-order valence-corrected chi connectivity index (χ2v) is 4.23.